The Balaban J connectivity index is 1.64. The molecule has 9 nitrogen and oxygen atoms in total. The number of hydrogen-bond donors (Lipinski definition) is 0. The zero-order valence-corrected chi connectivity index (χ0v) is 20.5. The summed E-state index contributed by atoms with van der Waals surface area (Å²) in [5.74, 6) is -2.28. The molecule has 3 aromatic carbocycles. The molecular formula is C25H17BrFN3O6. The number of nitro groups is 1. The van der Waals surface area contributed by atoms with Crippen LogP contribution >= 0.6 is 15.9 Å². The lowest BCUT2D eigenvalue weighted by Gasteiger charge is -2.50. The molecule has 5 rings (SSSR count). The fourth-order valence-corrected chi connectivity index (χ4v) is 4.98. The number of anilines is 1. The average Bonchev–Trinajstić information content (AvgIpc) is 3.09. The van der Waals surface area contributed by atoms with Crippen LogP contribution in [0.15, 0.2) is 59.1 Å². The summed E-state index contributed by atoms with van der Waals surface area (Å²) in [6, 6.07) is 10.6. The van der Waals surface area contributed by atoms with Crippen LogP contribution < -0.4 is 9.64 Å². The molecule has 36 heavy (non-hydrogen) atoms. The monoisotopic (exact) mass is 553 g/mol. The van der Waals surface area contributed by atoms with E-state index in [-0.39, 0.29) is 22.5 Å². The van der Waals surface area contributed by atoms with Crippen molar-refractivity contribution in [1.82, 2.24) is 4.90 Å². The third-order valence-corrected chi connectivity index (χ3v) is 6.90. The number of hydrogen-bond acceptors (Lipinski definition) is 6. The predicted octanol–water partition coefficient (Wildman–Crippen LogP) is 4.57. The maximum Gasteiger partial charge on any atom is 0.270 e. The number of benzene rings is 3. The van der Waals surface area contributed by atoms with Gasteiger partial charge in [0.1, 0.15) is 17.6 Å². The van der Waals surface area contributed by atoms with Gasteiger partial charge in [0.2, 0.25) is 0 Å². The predicted molar refractivity (Wildman–Crippen MR) is 129 cm³/mol. The first-order chi connectivity index (χ1) is 17.1. The first-order valence-corrected chi connectivity index (χ1v) is 11.5. The second-order valence-corrected chi connectivity index (χ2v) is 9.30. The van der Waals surface area contributed by atoms with Gasteiger partial charge in [-0.25, -0.2) is 4.39 Å². The highest BCUT2D eigenvalue weighted by Crippen LogP contribution is 2.47. The number of ether oxygens (including phenoxy) is 1. The quantitative estimate of drug-likeness (QED) is 0.198. The van der Waals surface area contributed by atoms with Crippen molar-refractivity contribution in [3.63, 3.8) is 0 Å². The highest BCUT2D eigenvalue weighted by Gasteiger charge is 2.58. The lowest BCUT2D eigenvalue weighted by Crippen LogP contribution is -2.67. The smallest absolute Gasteiger partial charge is 0.270 e. The van der Waals surface area contributed by atoms with Crippen LogP contribution in [0.5, 0.6) is 5.75 Å². The Bertz CT molecular complexity index is 1490. The molecule has 0 aromatic heterocycles. The minimum absolute atomic E-state index is 0.0295. The molecule has 1 saturated heterocycles. The van der Waals surface area contributed by atoms with Gasteiger partial charge in [-0.3, -0.25) is 29.4 Å². The number of aryl methyl sites for hydroxylation is 1. The summed E-state index contributed by atoms with van der Waals surface area (Å²) in [6.45, 7) is 1.59. The zero-order chi connectivity index (χ0) is 25.9. The summed E-state index contributed by atoms with van der Waals surface area (Å²) in [5, 5.41) is 11.2. The molecule has 0 radical (unpaired) electrons. The van der Waals surface area contributed by atoms with Gasteiger partial charge in [0.05, 0.1) is 29.2 Å². The van der Waals surface area contributed by atoms with E-state index in [4.69, 9.17) is 4.74 Å². The summed E-state index contributed by atoms with van der Waals surface area (Å²) in [4.78, 5) is 52.8. The molecule has 2 aliphatic heterocycles. The summed E-state index contributed by atoms with van der Waals surface area (Å²) in [6.07, 6.45) is 0. The summed E-state index contributed by atoms with van der Waals surface area (Å²) in [5.41, 5.74) is 0.596. The van der Waals surface area contributed by atoms with Crippen LogP contribution in [0.1, 0.15) is 37.9 Å². The van der Waals surface area contributed by atoms with Crippen molar-refractivity contribution in [1.29, 1.82) is 0 Å². The number of fused-ring (bicyclic) bond motifs is 1. The molecule has 0 spiro atoms. The molecule has 2 aliphatic rings. The standard InChI is InChI=1S/C25H17BrFN3O6/c1-12-3-5-14(11-19(12)27)28-21(18-9-13(26)4-8-20(18)36-2)22(25(28)33)29-23(31)16-7-6-15(30(34)35)10-17(16)24(29)32/h3-11,21-22H,1-2H3/t21-,22+/m0/s1. The Morgan fingerprint density at radius 1 is 0.944 bits per heavy atom. The maximum atomic E-state index is 14.4. The van der Waals surface area contributed by atoms with Crippen LogP contribution in [0.25, 0.3) is 0 Å². The van der Waals surface area contributed by atoms with Gasteiger partial charge in [0.25, 0.3) is 23.4 Å². The van der Waals surface area contributed by atoms with Crippen molar-refractivity contribution in [2.75, 3.05) is 12.0 Å². The number of β-lactam (4-membered cyclic amide) rings is 1. The highest BCUT2D eigenvalue weighted by atomic mass is 79.9. The Morgan fingerprint density at radius 3 is 2.33 bits per heavy atom. The van der Waals surface area contributed by atoms with E-state index in [9.17, 15) is 28.9 Å². The molecule has 3 amide bonds. The number of amides is 3. The molecule has 3 aromatic rings. The normalized spacial score (nSPS) is 18.8. The highest BCUT2D eigenvalue weighted by molar-refractivity contribution is 9.10. The van der Waals surface area contributed by atoms with Crippen molar-refractivity contribution < 1.29 is 28.4 Å². The number of non-ortho nitro benzene ring substituents is 1. The van der Waals surface area contributed by atoms with Gasteiger partial charge < -0.3 is 9.64 Å². The average molecular weight is 554 g/mol. The first-order valence-electron chi connectivity index (χ1n) is 10.7. The fourth-order valence-electron chi connectivity index (χ4n) is 4.60. The molecule has 2 heterocycles. The van der Waals surface area contributed by atoms with Gasteiger partial charge in [0, 0.05) is 27.9 Å². The van der Waals surface area contributed by atoms with E-state index in [1.165, 1.54) is 30.2 Å². The first kappa shape index (κ1) is 23.6. The van der Waals surface area contributed by atoms with Gasteiger partial charge in [-0.2, -0.15) is 0 Å². The molecular weight excluding hydrogens is 537 g/mol. The maximum absolute atomic E-state index is 14.4. The Morgan fingerprint density at radius 2 is 1.67 bits per heavy atom. The largest absolute Gasteiger partial charge is 0.496 e. The SMILES string of the molecule is COc1ccc(Br)cc1[C@H]1[C@@H](N2C(=O)c3ccc([N+](=O)[O-])cc3C2=O)C(=O)N1c1ccc(C)c(F)c1. The van der Waals surface area contributed by atoms with E-state index in [0.29, 0.717) is 21.3 Å². The number of carbonyl (C=O) groups excluding carboxylic acids is 3. The van der Waals surface area contributed by atoms with Crippen LogP contribution in [0, 0.1) is 22.9 Å². The molecule has 2 atom stereocenters. The van der Waals surface area contributed by atoms with Crippen molar-refractivity contribution in [3.8, 4) is 5.75 Å². The number of carbonyl (C=O) groups is 3. The van der Waals surface area contributed by atoms with E-state index >= 15 is 0 Å². The number of methoxy groups -OCH3 is 1. The van der Waals surface area contributed by atoms with Gasteiger partial charge in [-0.15, -0.1) is 0 Å². The Labute approximate surface area is 212 Å². The fraction of sp³-hybridized carbons (Fsp3) is 0.160. The number of halogens is 2. The summed E-state index contributed by atoms with van der Waals surface area (Å²) in [7, 11) is 1.44. The van der Waals surface area contributed by atoms with Gasteiger partial charge in [-0.1, -0.05) is 22.0 Å². The molecule has 0 N–H and O–H groups in total. The summed E-state index contributed by atoms with van der Waals surface area (Å²) >= 11 is 3.40. The zero-order valence-electron chi connectivity index (χ0n) is 18.9. The molecule has 0 aliphatic carbocycles. The topological polar surface area (TPSA) is 110 Å². The number of imide groups is 1. The lowest BCUT2D eigenvalue weighted by molar-refractivity contribution is -0.384. The van der Waals surface area contributed by atoms with Gasteiger partial charge in [0.15, 0.2) is 0 Å². The van der Waals surface area contributed by atoms with E-state index in [1.54, 1.807) is 31.2 Å². The van der Waals surface area contributed by atoms with Crippen LogP contribution in [0.4, 0.5) is 15.8 Å². The van der Waals surface area contributed by atoms with Crippen LogP contribution in [0.3, 0.4) is 0 Å². The molecule has 1 fully saturated rings. The number of rotatable bonds is 5. The molecule has 182 valence electrons. The van der Waals surface area contributed by atoms with Crippen molar-refractivity contribution in [2.24, 2.45) is 0 Å². The van der Waals surface area contributed by atoms with Crippen molar-refractivity contribution >= 4 is 45.0 Å². The number of nitrogens with zero attached hydrogens (tertiary/aromatic N) is 3. The van der Waals surface area contributed by atoms with Crippen LogP contribution in [0.2, 0.25) is 0 Å². The molecule has 0 unspecified atom stereocenters. The Kier molecular flexibility index (Phi) is 5.59. The molecule has 0 saturated carbocycles. The van der Waals surface area contributed by atoms with Crippen molar-refractivity contribution in [3.05, 3.63) is 97.3 Å². The molecule has 0 bridgehead atoms. The number of nitro benzene ring substituents is 1. The lowest BCUT2D eigenvalue weighted by atomic mass is 9.85. The van der Waals surface area contributed by atoms with Gasteiger partial charge in [-0.05, 0) is 48.9 Å². The third kappa shape index (κ3) is 3.46. The van der Waals surface area contributed by atoms with Crippen LogP contribution in [-0.2, 0) is 4.79 Å². The summed E-state index contributed by atoms with van der Waals surface area (Å²) < 4.78 is 20.6. The van der Waals surface area contributed by atoms with E-state index < -0.39 is 40.5 Å². The van der Waals surface area contributed by atoms with Crippen molar-refractivity contribution in [2.45, 2.75) is 19.0 Å². The van der Waals surface area contributed by atoms with E-state index in [2.05, 4.69) is 15.9 Å². The molecule has 11 heteroatoms. The second kappa shape index (κ2) is 8.52. The van der Waals surface area contributed by atoms with Gasteiger partial charge >= 0.3 is 0 Å². The second-order valence-electron chi connectivity index (χ2n) is 8.38. The minimum atomic E-state index is -1.27. The van der Waals surface area contributed by atoms with E-state index in [0.717, 1.165) is 17.0 Å². The third-order valence-electron chi connectivity index (χ3n) is 6.40. The Hall–Kier alpha value is -4.12. The van der Waals surface area contributed by atoms with E-state index in [1.807, 2.05) is 0 Å². The minimum Gasteiger partial charge on any atom is -0.496 e. The van der Waals surface area contributed by atoms with Crippen LogP contribution in [-0.4, -0.2) is 40.7 Å².